The lowest BCUT2D eigenvalue weighted by Gasteiger charge is -2.47. The Hall–Kier alpha value is -1.92. The van der Waals surface area contributed by atoms with Gasteiger partial charge in [-0.05, 0) is 45.2 Å². The molecule has 0 unspecified atom stereocenters. The average molecular weight is 368 g/mol. The summed E-state index contributed by atoms with van der Waals surface area (Å²) in [5.74, 6) is 0. The highest BCUT2D eigenvalue weighted by Crippen LogP contribution is 2.39. The zero-order chi connectivity index (χ0) is 17.6. The fourth-order valence-electron chi connectivity index (χ4n) is 4.67. The van der Waals surface area contributed by atoms with Crippen LogP contribution in [0.4, 0.5) is 5.69 Å². The van der Waals surface area contributed by atoms with Gasteiger partial charge in [0.05, 0.1) is 11.1 Å². The van der Waals surface area contributed by atoms with Crippen LogP contribution in [0.2, 0.25) is 0 Å². The van der Waals surface area contributed by atoms with E-state index < -0.39 is 0 Å². The molecule has 2 aliphatic rings. The molecule has 2 saturated heterocycles. The second-order valence-corrected chi connectivity index (χ2v) is 8.96. The Morgan fingerprint density at radius 1 is 1.19 bits per heavy atom. The lowest BCUT2D eigenvalue weighted by atomic mass is 9.81. The van der Waals surface area contributed by atoms with Crippen LogP contribution in [0.5, 0.6) is 0 Å². The second-order valence-electron chi connectivity index (χ2n) is 7.72. The Bertz CT molecular complexity index is 916. The van der Waals surface area contributed by atoms with Gasteiger partial charge in [-0.1, -0.05) is 6.42 Å². The first-order chi connectivity index (χ1) is 12.7. The molecule has 5 heterocycles. The summed E-state index contributed by atoms with van der Waals surface area (Å²) in [6.45, 7) is 5.48. The van der Waals surface area contributed by atoms with Crippen LogP contribution in [0.25, 0.3) is 21.6 Å². The van der Waals surface area contributed by atoms with Crippen molar-refractivity contribution in [2.75, 3.05) is 24.5 Å². The van der Waals surface area contributed by atoms with Crippen LogP contribution < -0.4 is 10.2 Å². The number of hydrogen-bond donors (Lipinski definition) is 2. The molecule has 1 atom stereocenters. The van der Waals surface area contributed by atoms with Crippen molar-refractivity contribution in [2.24, 2.45) is 0 Å². The van der Waals surface area contributed by atoms with Gasteiger partial charge in [0.2, 0.25) is 0 Å². The summed E-state index contributed by atoms with van der Waals surface area (Å²) < 4.78 is 0. The maximum Gasteiger partial charge on any atom is 0.140 e. The molecule has 0 amide bonds. The van der Waals surface area contributed by atoms with Gasteiger partial charge >= 0.3 is 0 Å². The summed E-state index contributed by atoms with van der Waals surface area (Å²) in [4.78, 5) is 16.4. The van der Waals surface area contributed by atoms with E-state index in [2.05, 4.69) is 44.4 Å². The van der Waals surface area contributed by atoms with Crippen molar-refractivity contribution >= 4 is 28.1 Å². The number of rotatable bonds is 2. The van der Waals surface area contributed by atoms with Gasteiger partial charge in [-0.3, -0.25) is 0 Å². The first kappa shape index (κ1) is 16.3. The summed E-state index contributed by atoms with van der Waals surface area (Å²) in [6, 6.07) is 2.18. The van der Waals surface area contributed by atoms with Gasteiger partial charge < -0.3 is 15.2 Å². The third-order valence-corrected chi connectivity index (χ3v) is 6.85. The molecule has 6 heteroatoms. The lowest BCUT2D eigenvalue weighted by molar-refractivity contribution is 0.216. The van der Waals surface area contributed by atoms with Crippen molar-refractivity contribution < 1.29 is 0 Å². The molecule has 3 aromatic rings. The number of H-pyrrole nitrogens is 1. The summed E-state index contributed by atoms with van der Waals surface area (Å²) in [6.07, 6.45) is 12.4. The number of aryl methyl sites for hydroxylation is 1. The summed E-state index contributed by atoms with van der Waals surface area (Å²) >= 11 is 1.75. The van der Waals surface area contributed by atoms with Crippen molar-refractivity contribution in [2.45, 2.75) is 44.6 Å². The van der Waals surface area contributed by atoms with E-state index in [-0.39, 0.29) is 0 Å². The molecule has 136 valence electrons. The van der Waals surface area contributed by atoms with Crippen LogP contribution in [0.3, 0.4) is 0 Å². The number of nitrogens with zero attached hydrogens (tertiary/aromatic N) is 3. The highest BCUT2D eigenvalue weighted by atomic mass is 32.1. The van der Waals surface area contributed by atoms with Gasteiger partial charge in [-0.2, -0.15) is 0 Å². The van der Waals surface area contributed by atoms with Crippen LogP contribution in [-0.2, 0) is 0 Å². The third kappa shape index (κ3) is 2.72. The van der Waals surface area contributed by atoms with E-state index in [1.807, 2.05) is 12.4 Å². The summed E-state index contributed by atoms with van der Waals surface area (Å²) in [5, 5.41) is 6.14. The van der Waals surface area contributed by atoms with Crippen LogP contribution in [0, 0.1) is 6.92 Å². The molecule has 0 saturated carbocycles. The van der Waals surface area contributed by atoms with Crippen molar-refractivity contribution in [3.63, 3.8) is 0 Å². The van der Waals surface area contributed by atoms with E-state index in [9.17, 15) is 0 Å². The molecule has 0 aliphatic carbocycles. The topological polar surface area (TPSA) is 56.8 Å². The molecule has 0 bridgehead atoms. The first-order valence-electron chi connectivity index (χ1n) is 9.63. The Kier molecular flexibility index (Phi) is 3.98. The molecular weight excluding hydrogens is 342 g/mol. The lowest BCUT2D eigenvalue weighted by Crippen LogP contribution is -2.59. The number of piperidine rings is 2. The number of fused-ring (bicyclic) bond motifs is 1. The quantitative estimate of drug-likeness (QED) is 0.716. The van der Waals surface area contributed by atoms with Crippen LogP contribution in [-0.4, -0.2) is 40.1 Å². The normalized spacial score (nSPS) is 23.8. The number of nitrogens with one attached hydrogen (secondary N) is 2. The second kappa shape index (κ2) is 6.35. The van der Waals surface area contributed by atoms with Gasteiger partial charge in [-0.25, -0.2) is 9.97 Å². The maximum absolute atomic E-state index is 4.62. The highest BCUT2D eigenvalue weighted by Gasteiger charge is 2.37. The monoisotopic (exact) mass is 367 g/mol. The van der Waals surface area contributed by atoms with Crippen LogP contribution in [0.15, 0.2) is 24.7 Å². The van der Waals surface area contributed by atoms with Crippen LogP contribution in [0.1, 0.15) is 37.0 Å². The fraction of sp³-hybridized carbons (Fsp3) is 0.500. The minimum atomic E-state index is 0.292. The number of thiazole rings is 1. The molecule has 0 aromatic carbocycles. The molecule has 2 N–H and O–H groups in total. The summed E-state index contributed by atoms with van der Waals surface area (Å²) in [5.41, 5.74) is 3.73. The van der Waals surface area contributed by atoms with Gasteiger partial charge in [-0.15, -0.1) is 11.3 Å². The maximum atomic E-state index is 4.62. The molecule has 2 aliphatic heterocycles. The van der Waals surface area contributed by atoms with E-state index in [0.29, 0.717) is 5.54 Å². The van der Waals surface area contributed by atoms with Gasteiger partial charge in [0.1, 0.15) is 10.7 Å². The molecule has 1 spiro atoms. The van der Waals surface area contributed by atoms with Gasteiger partial charge in [0.25, 0.3) is 0 Å². The number of pyridine rings is 1. The third-order valence-electron chi connectivity index (χ3n) is 5.90. The highest BCUT2D eigenvalue weighted by molar-refractivity contribution is 7.15. The number of aromatic amines is 1. The SMILES string of the molecule is Cc1cnc(-c2c[nH]c3nccc(N4CCC[C@]5(CCCCN5)C4)c23)s1. The molecule has 26 heavy (non-hydrogen) atoms. The van der Waals surface area contributed by atoms with E-state index in [4.69, 9.17) is 0 Å². The predicted octanol–water partition coefficient (Wildman–Crippen LogP) is 4.11. The number of anilines is 1. The number of aromatic nitrogens is 3. The van der Waals surface area contributed by atoms with E-state index in [1.165, 1.54) is 53.6 Å². The molecule has 2 fully saturated rings. The Morgan fingerprint density at radius 3 is 2.92 bits per heavy atom. The van der Waals surface area contributed by atoms with Crippen molar-refractivity contribution in [3.05, 3.63) is 29.5 Å². The minimum Gasteiger partial charge on any atom is -0.369 e. The smallest absolute Gasteiger partial charge is 0.140 e. The molecule has 5 nitrogen and oxygen atoms in total. The Balaban J connectivity index is 1.57. The predicted molar refractivity (Wildman–Crippen MR) is 108 cm³/mol. The zero-order valence-electron chi connectivity index (χ0n) is 15.2. The Labute approximate surface area is 157 Å². The van der Waals surface area contributed by atoms with E-state index in [1.54, 1.807) is 11.3 Å². The van der Waals surface area contributed by atoms with Crippen molar-refractivity contribution in [3.8, 4) is 10.6 Å². The van der Waals surface area contributed by atoms with Crippen molar-refractivity contribution in [1.29, 1.82) is 0 Å². The molecule has 0 radical (unpaired) electrons. The van der Waals surface area contributed by atoms with Crippen molar-refractivity contribution in [1.82, 2.24) is 20.3 Å². The Morgan fingerprint density at radius 2 is 2.12 bits per heavy atom. The van der Waals surface area contributed by atoms with Gasteiger partial charge in [0, 0.05) is 47.7 Å². The number of hydrogen-bond acceptors (Lipinski definition) is 5. The fourth-order valence-corrected chi connectivity index (χ4v) is 5.45. The average Bonchev–Trinajstić information content (AvgIpc) is 3.28. The van der Waals surface area contributed by atoms with Gasteiger partial charge in [0.15, 0.2) is 0 Å². The summed E-state index contributed by atoms with van der Waals surface area (Å²) in [7, 11) is 0. The van der Waals surface area contributed by atoms with E-state index in [0.717, 1.165) is 30.3 Å². The van der Waals surface area contributed by atoms with E-state index >= 15 is 0 Å². The molecule has 3 aromatic heterocycles. The zero-order valence-corrected chi connectivity index (χ0v) is 16.0. The standard InChI is InChI=1S/C20H25N5S/c1-14-11-23-19(26-14)15-12-22-18-17(15)16(5-9-21-18)25-10-4-7-20(13-25)6-2-3-8-24-20/h5,9,11-12,24H,2-4,6-8,10,13H2,1H3,(H,21,22)/t20-/m1/s1. The largest absolute Gasteiger partial charge is 0.369 e. The van der Waals surface area contributed by atoms with Crippen LogP contribution >= 0.6 is 11.3 Å². The molecular formula is C20H25N5S. The first-order valence-corrected chi connectivity index (χ1v) is 10.4. The minimum absolute atomic E-state index is 0.292. The molecule has 5 rings (SSSR count).